The van der Waals surface area contributed by atoms with Gasteiger partial charge >= 0.3 is 0 Å². The molecule has 0 aliphatic carbocycles. The second-order valence-electron chi connectivity index (χ2n) is 4.54. The fourth-order valence-corrected chi connectivity index (χ4v) is 2.76. The molecule has 3 aromatic carbocycles. The summed E-state index contributed by atoms with van der Waals surface area (Å²) in [4.78, 5) is 0. The van der Waals surface area contributed by atoms with Crippen molar-refractivity contribution >= 4 is 45.1 Å². The summed E-state index contributed by atoms with van der Waals surface area (Å²) in [5, 5.41) is 3.54. The van der Waals surface area contributed by atoms with E-state index in [4.69, 9.17) is 23.2 Å². The Kier molecular flexibility index (Phi) is 3.77. The molecule has 0 amide bonds. The first kappa shape index (κ1) is 13.2. The van der Waals surface area contributed by atoms with Crippen molar-refractivity contribution in [3.8, 4) is 0 Å². The molecule has 0 unspecified atom stereocenters. The maximum absolute atomic E-state index is 6.49. The SMILES string of the molecule is Cl/C(=C\c1ccccc1)c1ccc(Cl)c2ccccc12. The number of hydrogen-bond donors (Lipinski definition) is 0. The van der Waals surface area contributed by atoms with E-state index in [1.54, 1.807) is 0 Å². The van der Waals surface area contributed by atoms with Crippen LogP contribution in [0.1, 0.15) is 11.1 Å². The zero-order valence-electron chi connectivity index (χ0n) is 10.7. The average molecular weight is 299 g/mol. The van der Waals surface area contributed by atoms with E-state index in [2.05, 4.69) is 0 Å². The van der Waals surface area contributed by atoms with Gasteiger partial charge in [0.2, 0.25) is 0 Å². The molecule has 0 aliphatic rings. The third-order valence-corrected chi connectivity index (χ3v) is 3.86. The molecule has 0 heterocycles. The standard InChI is InChI=1S/C18H12Cl2/c19-17-11-10-16(14-8-4-5-9-15(14)17)18(20)12-13-6-2-1-3-7-13/h1-12H/b18-12-. The molecular weight excluding hydrogens is 287 g/mol. The van der Waals surface area contributed by atoms with Crippen molar-refractivity contribution in [3.63, 3.8) is 0 Å². The number of hydrogen-bond acceptors (Lipinski definition) is 0. The molecule has 0 aliphatic heterocycles. The van der Waals surface area contributed by atoms with Crippen molar-refractivity contribution in [2.24, 2.45) is 0 Å². The van der Waals surface area contributed by atoms with E-state index in [9.17, 15) is 0 Å². The molecule has 0 aromatic heterocycles. The zero-order chi connectivity index (χ0) is 13.9. The molecule has 0 N–H and O–H groups in total. The monoisotopic (exact) mass is 298 g/mol. The second-order valence-corrected chi connectivity index (χ2v) is 5.36. The van der Waals surface area contributed by atoms with Crippen molar-refractivity contribution in [2.45, 2.75) is 0 Å². The summed E-state index contributed by atoms with van der Waals surface area (Å²) in [6.45, 7) is 0. The molecule has 0 bridgehead atoms. The molecule has 0 saturated carbocycles. The fourth-order valence-electron chi connectivity index (χ4n) is 2.24. The molecule has 0 atom stereocenters. The van der Waals surface area contributed by atoms with Gasteiger partial charge in [-0.2, -0.15) is 0 Å². The first-order chi connectivity index (χ1) is 9.75. The van der Waals surface area contributed by atoms with E-state index in [0.717, 1.165) is 26.9 Å². The molecule has 0 radical (unpaired) electrons. The van der Waals surface area contributed by atoms with Crippen LogP contribution in [0.15, 0.2) is 66.7 Å². The Morgan fingerprint density at radius 1 is 0.750 bits per heavy atom. The van der Waals surface area contributed by atoms with Crippen molar-refractivity contribution in [1.29, 1.82) is 0 Å². The van der Waals surface area contributed by atoms with Crippen LogP contribution in [0.2, 0.25) is 5.02 Å². The highest BCUT2D eigenvalue weighted by molar-refractivity contribution is 6.52. The van der Waals surface area contributed by atoms with Gasteiger partial charge in [-0.15, -0.1) is 0 Å². The average Bonchev–Trinajstić information content (AvgIpc) is 2.49. The number of halogens is 2. The Morgan fingerprint density at radius 2 is 1.40 bits per heavy atom. The van der Waals surface area contributed by atoms with Crippen LogP contribution in [-0.2, 0) is 0 Å². The number of rotatable bonds is 2. The summed E-state index contributed by atoms with van der Waals surface area (Å²) in [6.07, 6.45) is 1.97. The molecule has 3 aromatic rings. The molecule has 0 fully saturated rings. The summed E-state index contributed by atoms with van der Waals surface area (Å²) >= 11 is 12.7. The van der Waals surface area contributed by atoms with Crippen LogP contribution in [0.3, 0.4) is 0 Å². The highest BCUT2D eigenvalue weighted by atomic mass is 35.5. The van der Waals surface area contributed by atoms with Gasteiger partial charge in [0.15, 0.2) is 0 Å². The van der Waals surface area contributed by atoms with Crippen molar-refractivity contribution in [3.05, 3.63) is 82.9 Å². The van der Waals surface area contributed by atoms with Gasteiger partial charge in [-0.1, -0.05) is 83.9 Å². The molecule has 98 valence electrons. The van der Waals surface area contributed by atoms with E-state index >= 15 is 0 Å². The van der Waals surface area contributed by atoms with Crippen LogP contribution in [0.25, 0.3) is 21.9 Å². The van der Waals surface area contributed by atoms with Crippen LogP contribution in [0.5, 0.6) is 0 Å². The molecule has 2 heteroatoms. The first-order valence-corrected chi connectivity index (χ1v) is 7.11. The Bertz CT molecular complexity index is 774. The third-order valence-electron chi connectivity index (χ3n) is 3.22. The predicted molar refractivity (Wildman–Crippen MR) is 89.1 cm³/mol. The lowest BCUT2D eigenvalue weighted by Gasteiger charge is -2.07. The van der Waals surface area contributed by atoms with Crippen LogP contribution in [0, 0.1) is 0 Å². The number of fused-ring (bicyclic) bond motifs is 1. The second kappa shape index (κ2) is 5.70. The highest BCUT2D eigenvalue weighted by Gasteiger charge is 2.07. The van der Waals surface area contributed by atoms with Crippen LogP contribution in [-0.4, -0.2) is 0 Å². The van der Waals surface area contributed by atoms with E-state index in [1.165, 1.54) is 0 Å². The van der Waals surface area contributed by atoms with Crippen LogP contribution < -0.4 is 0 Å². The first-order valence-electron chi connectivity index (χ1n) is 6.35. The van der Waals surface area contributed by atoms with Crippen LogP contribution in [0.4, 0.5) is 0 Å². The largest absolute Gasteiger partial charge is 0.0837 e. The summed E-state index contributed by atoms with van der Waals surface area (Å²) < 4.78 is 0. The highest BCUT2D eigenvalue weighted by Crippen LogP contribution is 2.33. The van der Waals surface area contributed by atoms with Gasteiger partial charge in [-0.05, 0) is 23.1 Å². The number of benzene rings is 3. The topological polar surface area (TPSA) is 0 Å². The van der Waals surface area contributed by atoms with Crippen LogP contribution >= 0.6 is 23.2 Å². The minimum absolute atomic E-state index is 0.712. The Balaban J connectivity index is 2.15. The predicted octanol–water partition coefficient (Wildman–Crippen LogP) is 6.23. The van der Waals surface area contributed by atoms with Gasteiger partial charge in [-0.3, -0.25) is 0 Å². The molecule has 20 heavy (non-hydrogen) atoms. The lowest BCUT2D eigenvalue weighted by molar-refractivity contribution is 1.66. The molecule has 0 saturated heterocycles. The normalized spacial score (nSPS) is 11.8. The Hall–Kier alpha value is -1.76. The minimum Gasteiger partial charge on any atom is -0.0837 e. The third kappa shape index (κ3) is 2.58. The molecule has 0 nitrogen and oxygen atoms in total. The molecule has 3 rings (SSSR count). The maximum atomic E-state index is 6.49. The van der Waals surface area contributed by atoms with Crippen molar-refractivity contribution < 1.29 is 0 Å². The lowest BCUT2D eigenvalue weighted by Crippen LogP contribution is -1.83. The summed E-state index contributed by atoms with van der Waals surface area (Å²) in [6, 6.07) is 21.9. The molecular formula is C18H12Cl2. The summed E-state index contributed by atoms with van der Waals surface area (Å²) in [7, 11) is 0. The summed E-state index contributed by atoms with van der Waals surface area (Å²) in [5.74, 6) is 0. The zero-order valence-corrected chi connectivity index (χ0v) is 12.2. The van der Waals surface area contributed by atoms with Gasteiger partial charge in [-0.25, -0.2) is 0 Å². The van der Waals surface area contributed by atoms with E-state index in [1.807, 2.05) is 72.8 Å². The Labute approximate surface area is 128 Å². The van der Waals surface area contributed by atoms with Crippen molar-refractivity contribution in [1.82, 2.24) is 0 Å². The maximum Gasteiger partial charge on any atom is 0.0490 e. The van der Waals surface area contributed by atoms with Gasteiger partial charge in [0.1, 0.15) is 0 Å². The van der Waals surface area contributed by atoms with Gasteiger partial charge in [0, 0.05) is 21.0 Å². The minimum atomic E-state index is 0.712. The van der Waals surface area contributed by atoms with E-state index in [0.29, 0.717) is 5.03 Å². The van der Waals surface area contributed by atoms with Gasteiger partial charge in [0.25, 0.3) is 0 Å². The molecule has 0 spiro atoms. The van der Waals surface area contributed by atoms with E-state index < -0.39 is 0 Å². The van der Waals surface area contributed by atoms with E-state index in [-0.39, 0.29) is 0 Å². The summed E-state index contributed by atoms with van der Waals surface area (Å²) in [5.41, 5.74) is 2.08. The quantitative estimate of drug-likeness (QED) is 0.492. The smallest absolute Gasteiger partial charge is 0.0490 e. The van der Waals surface area contributed by atoms with Gasteiger partial charge < -0.3 is 0 Å². The van der Waals surface area contributed by atoms with Gasteiger partial charge in [0.05, 0.1) is 0 Å². The Morgan fingerprint density at radius 3 is 2.15 bits per heavy atom. The van der Waals surface area contributed by atoms with Crippen molar-refractivity contribution in [2.75, 3.05) is 0 Å². The fraction of sp³-hybridized carbons (Fsp3) is 0. The lowest BCUT2D eigenvalue weighted by atomic mass is 10.0.